The minimum absolute atomic E-state index is 0.0218. The summed E-state index contributed by atoms with van der Waals surface area (Å²) in [5.41, 5.74) is -1.24. The van der Waals surface area contributed by atoms with Crippen molar-refractivity contribution >= 4 is 5.91 Å². The van der Waals surface area contributed by atoms with Crippen LogP contribution in [-0.4, -0.2) is 51.0 Å². The third-order valence-electron chi connectivity index (χ3n) is 5.08. The van der Waals surface area contributed by atoms with Crippen LogP contribution in [0.15, 0.2) is 30.5 Å². The van der Waals surface area contributed by atoms with Crippen molar-refractivity contribution in [3.63, 3.8) is 0 Å². The molecule has 0 saturated carbocycles. The number of carbonyl (C=O) groups is 1. The minimum atomic E-state index is -4.52. The number of hydrogen-bond donors (Lipinski definition) is 1. The van der Waals surface area contributed by atoms with Crippen LogP contribution in [0.1, 0.15) is 49.2 Å². The van der Waals surface area contributed by atoms with Crippen LogP contribution in [0, 0.1) is 0 Å². The summed E-state index contributed by atoms with van der Waals surface area (Å²) in [5.74, 6) is -0.458. The Balaban J connectivity index is 1.70. The van der Waals surface area contributed by atoms with Crippen LogP contribution < -0.4 is 5.32 Å². The molecule has 1 saturated heterocycles. The number of likely N-dealkylation sites (tertiary alicyclic amines) is 1. The van der Waals surface area contributed by atoms with E-state index in [0.717, 1.165) is 36.7 Å². The van der Waals surface area contributed by atoms with Crippen molar-refractivity contribution in [2.24, 2.45) is 0 Å². The number of benzene rings is 1. The van der Waals surface area contributed by atoms with E-state index in [1.165, 1.54) is 30.8 Å². The summed E-state index contributed by atoms with van der Waals surface area (Å²) in [5, 5.41) is 10.3. The van der Waals surface area contributed by atoms with Gasteiger partial charge in [-0.2, -0.15) is 13.2 Å². The van der Waals surface area contributed by atoms with Gasteiger partial charge < -0.3 is 5.32 Å². The van der Waals surface area contributed by atoms with Crippen molar-refractivity contribution in [1.29, 1.82) is 0 Å². The Hall–Kier alpha value is -2.42. The fourth-order valence-electron chi connectivity index (χ4n) is 3.40. The zero-order valence-electron chi connectivity index (χ0n) is 16.0. The Morgan fingerprint density at radius 1 is 1.14 bits per heavy atom. The van der Waals surface area contributed by atoms with E-state index >= 15 is 0 Å². The lowest BCUT2D eigenvalue weighted by atomic mass is 9.98. The van der Waals surface area contributed by atoms with Crippen LogP contribution in [-0.2, 0) is 6.18 Å². The number of rotatable bonds is 5. The average molecular weight is 395 g/mol. The number of alkyl halides is 3. The van der Waals surface area contributed by atoms with Crippen molar-refractivity contribution in [1.82, 2.24) is 25.2 Å². The van der Waals surface area contributed by atoms with Gasteiger partial charge in [0.2, 0.25) is 0 Å². The summed E-state index contributed by atoms with van der Waals surface area (Å²) in [7, 11) is 0. The smallest absolute Gasteiger partial charge is 0.349 e. The van der Waals surface area contributed by atoms with E-state index in [1.54, 1.807) is 0 Å². The minimum Gasteiger partial charge on any atom is -0.349 e. The highest BCUT2D eigenvalue weighted by molar-refractivity contribution is 5.92. The first-order chi connectivity index (χ1) is 13.2. The lowest BCUT2D eigenvalue weighted by Gasteiger charge is -2.41. The van der Waals surface area contributed by atoms with Gasteiger partial charge in [0.1, 0.15) is 0 Å². The van der Waals surface area contributed by atoms with Crippen molar-refractivity contribution in [2.75, 3.05) is 19.6 Å². The number of para-hydroxylation sites is 1. The van der Waals surface area contributed by atoms with Crippen molar-refractivity contribution in [3.8, 4) is 5.69 Å². The van der Waals surface area contributed by atoms with Crippen molar-refractivity contribution in [2.45, 2.75) is 44.8 Å². The van der Waals surface area contributed by atoms with E-state index in [4.69, 9.17) is 0 Å². The highest BCUT2D eigenvalue weighted by atomic mass is 19.4. The zero-order valence-corrected chi connectivity index (χ0v) is 16.0. The molecule has 2 heterocycles. The van der Waals surface area contributed by atoms with Gasteiger partial charge in [-0.15, -0.1) is 5.10 Å². The Morgan fingerprint density at radius 3 is 2.50 bits per heavy atom. The summed E-state index contributed by atoms with van der Waals surface area (Å²) in [6, 6.07) is 5.04. The molecule has 0 aliphatic carbocycles. The molecule has 1 aliphatic rings. The molecule has 2 aromatic rings. The maximum atomic E-state index is 13.2. The summed E-state index contributed by atoms with van der Waals surface area (Å²) in [4.78, 5) is 14.8. The van der Waals surface area contributed by atoms with Gasteiger partial charge in [-0.05, 0) is 51.9 Å². The number of nitrogens with zero attached hydrogens (tertiary/aromatic N) is 4. The van der Waals surface area contributed by atoms with Gasteiger partial charge in [-0.1, -0.05) is 23.8 Å². The number of carbonyl (C=O) groups excluding carboxylic acids is 1. The van der Waals surface area contributed by atoms with Crippen LogP contribution in [0.3, 0.4) is 0 Å². The molecule has 3 rings (SSSR count). The fraction of sp³-hybridized carbons (Fsp3) is 0.526. The van der Waals surface area contributed by atoms with E-state index in [1.807, 2.05) is 0 Å². The predicted molar refractivity (Wildman–Crippen MR) is 98.2 cm³/mol. The molecule has 1 N–H and O–H groups in total. The quantitative estimate of drug-likeness (QED) is 0.844. The predicted octanol–water partition coefficient (Wildman–Crippen LogP) is 3.28. The second-order valence-electron chi connectivity index (χ2n) is 7.61. The van der Waals surface area contributed by atoms with Gasteiger partial charge in [0.15, 0.2) is 5.69 Å². The largest absolute Gasteiger partial charge is 0.418 e. The third kappa shape index (κ3) is 4.52. The van der Waals surface area contributed by atoms with Crippen LogP contribution in [0.2, 0.25) is 0 Å². The number of amides is 1. The maximum Gasteiger partial charge on any atom is 0.418 e. The molecule has 6 nitrogen and oxygen atoms in total. The molecule has 0 unspecified atom stereocenters. The van der Waals surface area contributed by atoms with E-state index in [0.29, 0.717) is 6.54 Å². The molecule has 1 fully saturated rings. The molecular formula is C19H24F3N5O. The molecule has 0 atom stereocenters. The molecule has 1 aromatic heterocycles. The molecule has 0 bridgehead atoms. The van der Waals surface area contributed by atoms with Gasteiger partial charge in [-0.3, -0.25) is 9.69 Å². The summed E-state index contributed by atoms with van der Waals surface area (Å²) >= 11 is 0. The fourth-order valence-corrected chi connectivity index (χ4v) is 3.40. The second kappa shape index (κ2) is 7.90. The molecule has 152 valence electrons. The van der Waals surface area contributed by atoms with Crippen LogP contribution in [0.25, 0.3) is 5.69 Å². The molecule has 1 aromatic carbocycles. The Morgan fingerprint density at radius 2 is 1.82 bits per heavy atom. The van der Waals surface area contributed by atoms with E-state index in [9.17, 15) is 18.0 Å². The lowest BCUT2D eigenvalue weighted by molar-refractivity contribution is -0.137. The summed E-state index contributed by atoms with van der Waals surface area (Å²) < 4.78 is 40.5. The molecular weight excluding hydrogens is 371 g/mol. The van der Waals surface area contributed by atoms with Gasteiger partial charge in [-0.25, -0.2) is 4.68 Å². The molecule has 1 aliphatic heterocycles. The number of halogens is 3. The first kappa shape index (κ1) is 20.3. The number of hydrogen-bond acceptors (Lipinski definition) is 4. The SMILES string of the molecule is CC(C)(CNC(=O)c1cn(-c2ccccc2C(F)(F)F)nn1)N1CCCCC1. The van der Waals surface area contributed by atoms with Crippen LogP contribution in [0.5, 0.6) is 0 Å². The van der Waals surface area contributed by atoms with Crippen LogP contribution in [0.4, 0.5) is 13.2 Å². The number of piperidine rings is 1. The Bertz CT molecular complexity index is 825. The van der Waals surface area contributed by atoms with Gasteiger partial charge in [0.25, 0.3) is 5.91 Å². The lowest BCUT2D eigenvalue weighted by Crippen LogP contribution is -2.53. The van der Waals surface area contributed by atoms with Gasteiger partial charge in [0.05, 0.1) is 17.4 Å². The van der Waals surface area contributed by atoms with E-state index in [2.05, 4.69) is 34.4 Å². The van der Waals surface area contributed by atoms with Gasteiger partial charge in [0, 0.05) is 12.1 Å². The monoisotopic (exact) mass is 395 g/mol. The van der Waals surface area contributed by atoms with Gasteiger partial charge >= 0.3 is 6.18 Å². The average Bonchev–Trinajstić information content (AvgIpc) is 3.16. The number of nitrogens with one attached hydrogen (secondary N) is 1. The highest BCUT2D eigenvalue weighted by Crippen LogP contribution is 2.33. The summed E-state index contributed by atoms with van der Waals surface area (Å²) in [6.45, 7) is 6.53. The first-order valence-corrected chi connectivity index (χ1v) is 9.31. The van der Waals surface area contributed by atoms with E-state index in [-0.39, 0.29) is 16.9 Å². The van der Waals surface area contributed by atoms with Crippen molar-refractivity contribution in [3.05, 3.63) is 41.7 Å². The van der Waals surface area contributed by atoms with E-state index < -0.39 is 17.6 Å². The molecule has 1 amide bonds. The first-order valence-electron chi connectivity index (χ1n) is 9.31. The normalized spacial score (nSPS) is 16.2. The molecule has 0 spiro atoms. The number of aromatic nitrogens is 3. The Kier molecular flexibility index (Phi) is 5.74. The third-order valence-corrected chi connectivity index (χ3v) is 5.08. The molecule has 9 heteroatoms. The topological polar surface area (TPSA) is 63.1 Å². The standard InChI is InChI=1S/C19H24F3N5O/c1-18(2,26-10-6-3-7-11-26)13-23-17(28)15-12-27(25-24-15)16-9-5-4-8-14(16)19(20,21)22/h4-5,8-9,12H,3,6-7,10-11,13H2,1-2H3,(H,23,28). The molecule has 0 radical (unpaired) electrons. The zero-order chi connectivity index (χ0) is 20.4. The Labute approximate surface area is 161 Å². The maximum absolute atomic E-state index is 13.2. The van der Waals surface area contributed by atoms with Crippen LogP contribution >= 0.6 is 0 Å². The molecule has 28 heavy (non-hydrogen) atoms. The second-order valence-corrected chi connectivity index (χ2v) is 7.61. The summed E-state index contributed by atoms with van der Waals surface area (Å²) in [6.07, 6.45) is 0.202. The highest BCUT2D eigenvalue weighted by Gasteiger charge is 2.34. The van der Waals surface area contributed by atoms with Crippen molar-refractivity contribution < 1.29 is 18.0 Å².